The Labute approximate surface area is 161 Å². The maximum atomic E-state index is 12.6. The highest BCUT2D eigenvalue weighted by Crippen LogP contribution is 2.20. The summed E-state index contributed by atoms with van der Waals surface area (Å²) in [7, 11) is 0. The number of hydrogen-bond acceptors (Lipinski definition) is 3. The summed E-state index contributed by atoms with van der Waals surface area (Å²) < 4.78 is 6.03. The van der Waals surface area contributed by atoms with E-state index in [1.165, 1.54) is 5.56 Å². The number of ether oxygens (including phenoxy) is 1. The van der Waals surface area contributed by atoms with Crippen molar-refractivity contribution < 1.29 is 9.53 Å². The van der Waals surface area contributed by atoms with Gasteiger partial charge in [-0.25, -0.2) is 0 Å². The van der Waals surface area contributed by atoms with Gasteiger partial charge >= 0.3 is 0 Å². The molecule has 1 amide bonds. The molecule has 0 bridgehead atoms. The highest BCUT2D eigenvalue weighted by Gasteiger charge is 2.27. The van der Waals surface area contributed by atoms with E-state index >= 15 is 0 Å². The van der Waals surface area contributed by atoms with Crippen molar-refractivity contribution in [2.24, 2.45) is 5.73 Å². The number of likely N-dealkylation sites (tertiary alicyclic amines) is 1. The van der Waals surface area contributed by atoms with Gasteiger partial charge in [0.1, 0.15) is 11.9 Å². The normalized spacial score (nSPS) is 15.8. The van der Waals surface area contributed by atoms with Crippen LogP contribution in [0.25, 0.3) is 0 Å². The predicted octanol–water partition coefficient (Wildman–Crippen LogP) is 3.36. The van der Waals surface area contributed by atoms with Crippen molar-refractivity contribution in [3.05, 3.63) is 65.7 Å². The van der Waals surface area contributed by atoms with E-state index in [0.29, 0.717) is 19.5 Å². The molecule has 1 atom stereocenters. The molecule has 5 heteroatoms. The van der Waals surface area contributed by atoms with Gasteiger partial charge in [0, 0.05) is 25.9 Å². The molecule has 1 fully saturated rings. The minimum Gasteiger partial charge on any atom is -0.490 e. The minimum absolute atomic E-state index is 0. The molecule has 0 radical (unpaired) electrons. The Morgan fingerprint density at radius 2 is 1.73 bits per heavy atom. The number of amides is 1. The smallest absolute Gasteiger partial charge is 0.239 e. The van der Waals surface area contributed by atoms with Crippen molar-refractivity contribution in [1.29, 1.82) is 0 Å². The lowest BCUT2D eigenvalue weighted by atomic mass is 10.0. The average Bonchev–Trinajstić information content (AvgIpc) is 2.64. The molecule has 140 valence electrons. The fourth-order valence-corrected chi connectivity index (χ4v) is 3.19. The number of nitrogens with two attached hydrogens (primary N) is 1. The van der Waals surface area contributed by atoms with Crippen LogP contribution in [0.4, 0.5) is 0 Å². The molecule has 2 aromatic carbocycles. The fourth-order valence-electron chi connectivity index (χ4n) is 3.19. The summed E-state index contributed by atoms with van der Waals surface area (Å²) in [6.45, 7) is 3.47. The first-order valence-electron chi connectivity index (χ1n) is 8.93. The van der Waals surface area contributed by atoms with E-state index in [9.17, 15) is 4.79 Å². The van der Waals surface area contributed by atoms with E-state index < -0.39 is 6.04 Å². The van der Waals surface area contributed by atoms with Crippen LogP contribution in [0.1, 0.15) is 24.0 Å². The second kappa shape index (κ2) is 9.60. The van der Waals surface area contributed by atoms with Crippen LogP contribution in [0.5, 0.6) is 5.75 Å². The Kier molecular flexibility index (Phi) is 7.49. The van der Waals surface area contributed by atoms with Crippen LogP contribution in [0.2, 0.25) is 0 Å². The first-order chi connectivity index (χ1) is 12.1. The standard InChI is InChI=1S/C21H26N2O2.ClH/c1-16-7-9-18(10-8-16)25-19-11-13-23(14-12-19)21(24)20(22)15-17-5-3-2-4-6-17;/h2-10,19-20H,11-15,22H2,1H3;1H. The van der Waals surface area contributed by atoms with Crippen LogP contribution >= 0.6 is 12.4 Å². The van der Waals surface area contributed by atoms with E-state index in [-0.39, 0.29) is 24.4 Å². The summed E-state index contributed by atoms with van der Waals surface area (Å²) >= 11 is 0. The van der Waals surface area contributed by atoms with E-state index in [0.717, 1.165) is 24.2 Å². The Hall–Kier alpha value is -2.04. The highest BCUT2D eigenvalue weighted by atomic mass is 35.5. The van der Waals surface area contributed by atoms with Gasteiger partial charge in [-0.3, -0.25) is 4.79 Å². The Balaban J connectivity index is 0.00000243. The lowest BCUT2D eigenvalue weighted by molar-refractivity contribution is -0.134. The summed E-state index contributed by atoms with van der Waals surface area (Å²) in [6.07, 6.45) is 2.44. The Bertz CT molecular complexity index is 683. The number of nitrogens with zero attached hydrogens (tertiary/aromatic N) is 1. The molecule has 0 aromatic heterocycles. The highest BCUT2D eigenvalue weighted by molar-refractivity contribution is 5.85. The quantitative estimate of drug-likeness (QED) is 0.873. The molecule has 1 unspecified atom stereocenters. The lowest BCUT2D eigenvalue weighted by Gasteiger charge is -2.33. The van der Waals surface area contributed by atoms with Crippen molar-refractivity contribution in [1.82, 2.24) is 4.90 Å². The molecular weight excluding hydrogens is 348 g/mol. The fraction of sp³-hybridized carbons (Fsp3) is 0.381. The summed E-state index contributed by atoms with van der Waals surface area (Å²) in [5.74, 6) is 0.939. The monoisotopic (exact) mass is 374 g/mol. The van der Waals surface area contributed by atoms with Crippen LogP contribution in [0, 0.1) is 6.92 Å². The number of carbonyl (C=O) groups excluding carboxylic acids is 1. The number of benzene rings is 2. The van der Waals surface area contributed by atoms with Crippen molar-refractivity contribution >= 4 is 18.3 Å². The van der Waals surface area contributed by atoms with Crippen molar-refractivity contribution in [2.75, 3.05) is 13.1 Å². The van der Waals surface area contributed by atoms with Gasteiger partial charge in [0.05, 0.1) is 6.04 Å². The molecule has 1 heterocycles. The van der Waals surface area contributed by atoms with Crippen molar-refractivity contribution in [3.63, 3.8) is 0 Å². The third-order valence-corrected chi connectivity index (χ3v) is 4.69. The van der Waals surface area contributed by atoms with Crippen LogP contribution in [0.3, 0.4) is 0 Å². The van der Waals surface area contributed by atoms with Gasteiger partial charge in [0.25, 0.3) is 0 Å². The van der Waals surface area contributed by atoms with Crippen molar-refractivity contribution in [3.8, 4) is 5.75 Å². The zero-order chi connectivity index (χ0) is 17.6. The summed E-state index contributed by atoms with van der Waals surface area (Å²) in [5, 5.41) is 0. The largest absolute Gasteiger partial charge is 0.490 e. The van der Waals surface area contributed by atoms with E-state index in [1.807, 2.05) is 47.4 Å². The van der Waals surface area contributed by atoms with E-state index in [1.54, 1.807) is 0 Å². The molecule has 1 aliphatic rings. The van der Waals surface area contributed by atoms with Gasteiger partial charge in [-0.15, -0.1) is 12.4 Å². The van der Waals surface area contributed by atoms with Gasteiger partial charge in [-0.1, -0.05) is 48.0 Å². The van der Waals surface area contributed by atoms with Gasteiger partial charge < -0.3 is 15.4 Å². The van der Waals surface area contributed by atoms with Crippen molar-refractivity contribution in [2.45, 2.75) is 38.3 Å². The third kappa shape index (κ3) is 5.48. The SMILES string of the molecule is Cc1ccc(OC2CCN(C(=O)C(N)Cc3ccccc3)CC2)cc1.Cl. The van der Waals surface area contributed by atoms with Gasteiger partial charge in [0.2, 0.25) is 5.91 Å². The molecule has 0 spiro atoms. The first-order valence-corrected chi connectivity index (χ1v) is 8.93. The second-order valence-corrected chi connectivity index (χ2v) is 6.75. The minimum atomic E-state index is -0.475. The lowest BCUT2D eigenvalue weighted by Crippen LogP contribution is -2.49. The first kappa shape index (κ1) is 20.3. The van der Waals surface area contributed by atoms with Crippen LogP contribution in [-0.2, 0) is 11.2 Å². The molecule has 4 nitrogen and oxygen atoms in total. The van der Waals surface area contributed by atoms with Gasteiger partial charge in [-0.2, -0.15) is 0 Å². The number of piperidine rings is 1. The second-order valence-electron chi connectivity index (χ2n) is 6.75. The maximum absolute atomic E-state index is 12.6. The van der Waals surface area contributed by atoms with E-state index in [2.05, 4.69) is 19.1 Å². The summed E-state index contributed by atoms with van der Waals surface area (Å²) in [6, 6.07) is 17.6. The van der Waals surface area contributed by atoms with E-state index in [4.69, 9.17) is 10.5 Å². The van der Waals surface area contributed by atoms with Crippen LogP contribution in [0.15, 0.2) is 54.6 Å². The number of carbonyl (C=O) groups is 1. The molecule has 1 saturated heterocycles. The molecule has 1 aliphatic heterocycles. The number of aryl methyl sites for hydroxylation is 1. The Morgan fingerprint density at radius 3 is 2.35 bits per heavy atom. The topological polar surface area (TPSA) is 55.6 Å². The number of halogens is 1. The van der Waals surface area contributed by atoms with Crippen LogP contribution < -0.4 is 10.5 Å². The average molecular weight is 375 g/mol. The molecule has 26 heavy (non-hydrogen) atoms. The zero-order valence-corrected chi connectivity index (χ0v) is 16.0. The zero-order valence-electron chi connectivity index (χ0n) is 15.1. The predicted molar refractivity (Wildman–Crippen MR) is 107 cm³/mol. The molecular formula is C21H27ClN2O2. The molecule has 3 rings (SSSR count). The molecule has 0 saturated carbocycles. The summed E-state index contributed by atoms with van der Waals surface area (Å²) in [4.78, 5) is 14.4. The molecule has 2 N–H and O–H groups in total. The number of hydrogen-bond donors (Lipinski definition) is 1. The van der Waals surface area contributed by atoms with Gasteiger partial charge in [0.15, 0.2) is 0 Å². The van der Waals surface area contributed by atoms with Gasteiger partial charge in [-0.05, 0) is 31.0 Å². The molecule has 0 aliphatic carbocycles. The Morgan fingerprint density at radius 1 is 1.12 bits per heavy atom. The third-order valence-electron chi connectivity index (χ3n) is 4.69. The van der Waals surface area contributed by atoms with Crippen LogP contribution in [-0.4, -0.2) is 36.0 Å². The molecule has 2 aromatic rings. The maximum Gasteiger partial charge on any atom is 0.239 e. The number of rotatable bonds is 5. The summed E-state index contributed by atoms with van der Waals surface area (Å²) in [5.41, 5.74) is 8.45.